The number of aryl methyl sites for hydroxylation is 1. The Labute approximate surface area is 110 Å². The van der Waals surface area contributed by atoms with Crippen molar-refractivity contribution < 1.29 is 9.13 Å². The van der Waals surface area contributed by atoms with E-state index in [0.29, 0.717) is 0 Å². The molecule has 0 aliphatic heterocycles. The average Bonchev–Trinajstić information content (AvgIpc) is 2.37. The van der Waals surface area contributed by atoms with Gasteiger partial charge in [-0.05, 0) is 57.0 Å². The number of ether oxygens (including phenoxy) is 1. The number of rotatable bonds is 6. The van der Waals surface area contributed by atoms with Gasteiger partial charge in [-0.3, -0.25) is 0 Å². The highest BCUT2D eigenvalue weighted by molar-refractivity contribution is 5.27. The van der Waals surface area contributed by atoms with E-state index in [1.165, 1.54) is 6.07 Å². The first-order chi connectivity index (χ1) is 8.46. The molecule has 1 rings (SSSR count). The first-order valence-electron chi connectivity index (χ1n) is 6.44. The van der Waals surface area contributed by atoms with Crippen LogP contribution >= 0.6 is 0 Å². The second-order valence-electron chi connectivity index (χ2n) is 4.99. The Hall–Kier alpha value is -0.930. The molecule has 0 amide bonds. The molecule has 0 bridgehead atoms. The maximum Gasteiger partial charge on any atom is 0.123 e. The van der Waals surface area contributed by atoms with Gasteiger partial charge in [0.25, 0.3) is 0 Å². The second-order valence-corrected chi connectivity index (χ2v) is 4.99. The summed E-state index contributed by atoms with van der Waals surface area (Å²) in [6, 6.07) is 5.17. The number of hydrogen-bond acceptors (Lipinski definition) is 2. The summed E-state index contributed by atoms with van der Waals surface area (Å²) in [5.41, 5.74) is 1.94. The van der Waals surface area contributed by atoms with Crippen LogP contribution in [-0.2, 0) is 11.2 Å². The Bertz CT molecular complexity index is 388. The summed E-state index contributed by atoms with van der Waals surface area (Å²) in [7, 11) is 3.68. The third-order valence-corrected chi connectivity index (χ3v) is 3.98. The van der Waals surface area contributed by atoms with E-state index in [2.05, 4.69) is 19.2 Å². The molecule has 2 nitrogen and oxygen atoms in total. The number of halogens is 1. The maximum atomic E-state index is 13.1. The van der Waals surface area contributed by atoms with Gasteiger partial charge in [-0.25, -0.2) is 4.39 Å². The molecular formula is C15H24FNO. The molecule has 1 aromatic carbocycles. The lowest BCUT2D eigenvalue weighted by Crippen LogP contribution is -2.49. The third kappa shape index (κ3) is 3.30. The highest BCUT2D eigenvalue weighted by atomic mass is 19.1. The normalized spacial score (nSPS) is 16.3. The van der Waals surface area contributed by atoms with E-state index in [1.807, 2.05) is 20.0 Å². The zero-order valence-electron chi connectivity index (χ0n) is 12.0. The van der Waals surface area contributed by atoms with Crippen molar-refractivity contribution in [1.29, 1.82) is 0 Å². The highest BCUT2D eigenvalue weighted by Gasteiger charge is 2.31. The average molecular weight is 253 g/mol. The summed E-state index contributed by atoms with van der Waals surface area (Å²) in [5.74, 6) is -0.178. The van der Waals surface area contributed by atoms with Crippen LogP contribution in [0.5, 0.6) is 0 Å². The van der Waals surface area contributed by atoms with Gasteiger partial charge in [0.2, 0.25) is 0 Å². The van der Waals surface area contributed by atoms with Gasteiger partial charge in [0.05, 0.1) is 5.60 Å². The van der Waals surface area contributed by atoms with Gasteiger partial charge in [0, 0.05) is 13.2 Å². The van der Waals surface area contributed by atoms with Crippen molar-refractivity contribution in [3.05, 3.63) is 35.1 Å². The molecule has 0 aromatic heterocycles. The smallest absolute Gasteiger partial charge is 0.123 e. The van der Waals surface area contributed by atoms with Crippen molar-refractivity contribution in [3.8, 4) is 0 Å². The van der Waals surface area contributed by atoms with Crippen LogP contribution in [0.3, 0.4) is 0 Å². The molecule has 18 heavy (non-hydrogen) atoms. The number of likely N-dealkylation sites (N-methyl/N-ethyl adjacent to an activating group) is 1. The first-order valence-corrected chi connectivity index (χ1v) is 6.44. The van der Waals surface area contributed by atoms with E-state index >= 15 is 0 Å². The predicted octanol–water partition coefficient (Wildman–Crippen LogP) is 3.08. The third-order valence-electron chi connectivity index (χ3n) is 3.98. The molecule has 3 heteroatoms. The van der Waals surface area contributed by atoms with Gasteiger partial charge < -0.3 is 10.1 Å². The molecule has 0 aliphatic carbocycles. The Morgan fingerprint density at radius 2 is 2.11 bits per heavy atom. The van der Waals surface area contributed by atoms with E-state index in [-0.39, 0.29) is 17.5 Å². The van der Waals surface area contributed by atoms with Gasteiger partial charge in [0.15, 0.2) is 0 Å². The molecule has 0 heterocycles. The van der Waals surface area contributed by atoms with Gasteiger partial charge in [-0.1, -0.05) is 13.0 Å². The van der Waals surface area contributed by atoms with Crippen LogP contribution in [0.1, 0.15) is 31.4 Å². The minimum atomic E-state index is -0.213. The molecule has 0 aliphatic rings. The van der Waals surface area contributed by atoms with Gasteiger partial charge in [0.1, 0.15) is 5.82 Å². The molecule has 102 valence electrons. The lowest BCUT2D eigenvalue weighted by molar-refractivity contribution is -0.0268. The molecule has 0 radical (unpaired) electrons. The molecule has 0 fully saturated rings. The zero-order chi connectivity index (χ0) is 13.8. The summed E-state index contributed by atoms with van der Waals surface area (Å²) in [4.78, 5) is 0. The molecule has 0 spiro atoms. The minimum absolute atomic E-state index is 0.178. The van der Waals surface area contributed by atoms with Crippen molar-refractivity contribution in [3.63, 3.8) is 0 Å². The molecule has 0 saturated carbocycles. The summed E-state index contributed by atoms with van der Waals surface area (Å²) < 4.78 is 18.7. The van der Waals surface area contributed by atoms with Crippen LogP contribution in [0.2, 0.25) is 0 Å². The van der Waals surface area contributed by atoms with E-state index in [9.17, 15) is 4.39 Å². The van der Waals surface area contributed by atoms with E-state index < -0.39 is 0 Å². The molecule has 0 saturated heterocycles. The summed E-state index contributed by atoms with van der Waals surface area (Å²) >= 11 is 0. The quantitative estimate of drug-likeness (QED) is 0.841. The van der Waals surface area contributed by atoms with Crippen LogP contribution < -0.4 is 5.32 Å². The Morgan fingerprint density at radius 3 is 2.56 bits per heavy atom. The van der Waals surface area contributed by atoms with E-state index in [4.69, 9.17) is 4.74 Å². The molecule has 2 atom stereocenters. The summed E-state index contributed by atoms with van der Waals surface area (Å²) in [6.07, 6.45) is 1.76. The molecular weight excluding hydrogens is 229 g/mol. The van der Waals surface area contributed by atoms with E-state index in [1.54, 1.807) is 13.2 Å². The SMILES string of the molecule is CCC(C)(OC)C(Cc1ccc(F)cc1C)NC. The van der Waals surface area contributed by atoms with Crippen LogP contribution in [0.15, 0.2) is 18.2 Å². The molecule has 1 N–H and O–H groups in total. The zero-order valence-corrected chi connectivity index (χ0v) is 12.0. The number of hydrogen-bond donors (Lipinski definition) is 1. The summed E-state index contributed by atoms with van der Waals surface area (Å²) in [5, 5.41) is 3.32. The number of benzene rings is 1. The van der Waals surface area contributed by atoms with Crippen molar-refractivity contribution in [2.24, 2.45) is 0 Å². The number of methoxy groups -OCH3 is 1. The standard InChI is InChI=1S/C15H24FNO/c1-6-15(3,18-5)14(17-4)10-12-7-8-13(16)9-11(12)2/h7-9,14,17H,6,10H2,1-5H3. The first kappa shape index (κ1) is 15.1. The highest BCUT2D eigenvalue weighted by Crippen LogP contribution is 2.23. The molecule has 1 aromatic rings. The Kier molecular flexibility index (Phi) is 5.29. The Balaban J connectivity index is 2.92. The van der Waals surface area contributed by atoms with Crippen molar-refractivity contribution in [2.45, 2.75) is 45.3 Å². The number of nitrogens with one attached hydrogen (secondary N) is 1. The van der Waals surface area contributed by atoms with Gasteiger partial charge in [-0.15, -0.1) is 0 Å². The minimum Gasteiger partial charge on any atom is -0.377 e. The van der Waals surface area contributed by atoms with Gasteiger partial charge in [-0.2, -0.15) is 0 Å². The van der Waals surface area contributed by atoms with Crippen LogP contribution in [0, 0.1) is 12.7 Å². The van der Waals surface area contributed by atoms with Gasteiger partial charge >= 0.3 is 0 Å². The van der Waals surface area contributed by atoms with Crippen LogP contribution in [-0.4, -0.2) is 25.8 Å². The van der Waals surface area contributed by atoms with Crippen molar-refractivity contribution >= 4 is 0 Å². The fourth-order valence-corrected chi connectivity index (χ4v) is 2.26. The lowest BCUT2D eigenvalue weighted by atomic mass is 9.87. The van der Waals surface area contributed by atoms with Crippen LogP contribution in [0.4, 0.5) is 4.39 Å². The van der Waals surface area contributed by atoms with Crippen molar-refractivity contribution in [2.75, 3.05) is 14.2 Å². The maximum absolute atomic E-state index is 13.1. The topological polar surface area (TPSA) is 21.3 Å². The Morgan fingerprint density at radius 1 is 1.44 bits per heavy atom. The monoisotopic (exact) mass is 253 g/mol. The fourth-order valence-electron chi connectivity index (χ4n) is 2.26. The predicted molar refractivity (Wildman–Crippen MR) is 73.4 cm³/mol. The van der Waals surface area contributed by atoms with Crippen LogP contribution in [0.25, 0.3) is 0 Å². The van der Waals surface area contributed by atoms with E-state index in [0.717, 1.165) is 24.0 Å². The second kappa shape index (κ2) is 6.30. The van der Waals surface area contributed by atoms with Crippen molar-refractivity contribution in [1.82, 2.24) is 5.32 Å². The largest absolute Gasteiger partial charge is 0.377 e. The summed E-state index contributed by atoms with van der Waals surface area (Å²) in [6.45, 7) is 6.17. The fraction of sp³-hybridized carbons (Fsp3) is 0.600. The lowest BCUT2D eigenvalue weighted by Gasteiger charge is -2.36. The molecule has 2 unspecified atom stereocenters.